The first-order valence-electron chi connectivity index (χ1n) is 8.51. The molecule has 0 atom stereocenters. The average Bonchev–Trinajstić information content (AvgIpc) is 2.69. The van der Waals surface area contributed by atoms with Crippen molar-refractivity contribution in [3.63, 3.8) is 0 Å². The normalized spacial score (nSPS) is 11.2. The number of hydrogen-bond acceptors (Lipinski definition) is 4. The van der Waals surface area contributed by atoms with E-state index in [9.17, 15) is 13.2 Å². The molecule has 0 aliphatic heterocycles. The van der Waals surface area contributed by atoms with Crippen LogP contribution >= 0.6 is 0 Å². The Morgan fingerprint density at radius 3 is 2.07 bits per heavy atom. The Morgan fingerprint density at radius 1 is 0.815 bits per heavy atom. The zero-order chi connectivity index (χ0) is 19.4. The van der Waals surface area contributed by atoms with Crippen molar-refractivity contribution >= 4 is 15.6 Å². The Bertz CT molecular complexity index is 1050. The van der Waals surface area contributed by atoms with Crippen LogP contribution in [0.5, 0.6) is 5.75 Å². The van der Waals surface area contributed by atoms with E-state index in [4.69, 9.17) is 4.74 Å². The van der Waals surface area contributed by atoms with Crippen LogP contribution in [-0.4, -0.2) is 20.8 Å². The number of rotatable bonds is 6. The summed E-state index contributed by atoms with van der Waals surface area (Å²) in [6.45, 7) is 3.84. The van der Waals surface area contributed by atoms with E-state index >= 15 is 0 Å². The van der Waals surface area contributed by atoms with Gasteiger partial charge in [0.2, 0.25) is 9.84 Å². The van der Waals surface area contributed by atoms with Gasteiger partial charge in [-0.15, -0.1) is 0 Å². The number of ether oxygens (including phenoxy) is 1. The summed E-state index contributed by atoms with van der Waals surface area (Å²) in [5.74, 6) is 0.318. The van der Waals surface area contributed by atoms with Gasteiger partial charge in [-0.3, -0.25) is 4.79 Å². The van der Waals surface area contributed by atoms with Crippen molar-refractivity contribution in [2.75, 3.05) is 6.61 Å². The maximum Gasteiger partial charge on any atom is 0.206 e. The van der Waals surface area contributed by atoms with Crippen molar-refractivity contribution < 1.29 is 17.9 Å². The minimum absolute atomic E-state index is 0.104. The molecule has 0 N–H and O–H groups in total. The maximum atomic E-state index is 12.6. The SMILES string of the molecule is Cc1ccc(C(=O)COc2ccc(S(=O)(=O)c3ccccc3)cc2)cc1C. The highest BCUT2D eigenvalue weighted by Crippen LogP contribution is 2.23. The molecule has 27 heavy (non-hydrogen) atoms. The molecule has 0 bridgehead atoms. The summed E-state index contributed by atoms with van der Waals surface area (Å²) in [5, 5.41) is 0. The van der Waals surface area contributed by atoms with Crippen molar-refractivity contribution in [3.05, 3.63) is 89.5 Å². The maximum absolute atomic E-state index is 12.6. The summed E-state index contributed by atoms with van der Waals surface area (Å²) in [7, 11) is -3.56. The largest absolute Gasteiger partial charge is 0.485 e. The van der Waals surface area contributed by atoms with Gasteiger partial charge in [0.1, 0.15) is 5.75 Å². The van der Waals surface area contributed by atoms with Gasteiger partial charge in [0, 0.05) is 5.56 Å². The average molecular weight is 380 g/mol. The fraction of sp³-hybridized carbons (Fsp3) is 0.136. The number of carbonyl (C=O) groups is 1. The summed E-state index contributed by atoms with van der Waals surface area (Å²) in [4.78, 5) is 12.7. The van der Waals surface area contributed by atoms with Gasteiger partial charge in [-0.1, -0.05) is 30.3 Å². The number of Topliss-reactive ketones (excluding diaryl/α,β-unsaturated/α-hetero) is 1. The van der Waals surface area contributed by atoms with Gasteiger partial charge in [-0.2, -0.15) is 0 Å². The van der Waals surface area contributed by atoms with Crippen LogP contribution in [0.3, 0.4) is 0 Å². The smallest absolute Gasteiger partial charge is 0.206 e. The second-order valence-electron chi connectivity index (χ2n) is 6.30. The number of aryl methyl sites for hydroxylation is 2. The first-order valence-corrected chi connectivity index (χ1v) is 10.00. The predicted molar refractivity (Wildman–Crippen MR) is 104 cm³/mol. The monoisotopic (exact) mass is 380 g/mol. The van der Waals surface area contributed by atoms with E-state index < -0.39 is 9.84 Å². The highest BCUT2D eigenvalue weighted by atomic mass is 32.2. The third-order valence-corrected chi connectivity index (χ3v) is 6.17. The molecule has 0 unspecified atom stereocenters. The number of carbonyl (C=O) groups excluding carboxylic acids is 1. The van der Waals surface area contributed by atoms with E-state index in [1.807, 2.05) is 26.0 Å². The molecule has 3 rings (SSSR count). The van der Waals surface area contributed by atoms with Gasteiger partial charge in [-0.05, 0) is 67.4 Å². The highest BCUT2D eigenvalue weighted by Gasteiger charge is 2.17. The molecule has 3 aromatic rings. The first kappa shape index (κ1) is 18.9. The van der Waals surface area contributed by atoms with Crippen LogP contribution in [0.25, 0.3) is 0 Å². The predicted octanol–water partition coefficient (Wildman–Crippen LogP) is 4.40. The van der Waals surface area contributed by atoms with E-state index in [1.54, 1.807) is 48.5 Å². The zero-order valence-electron chi connectivity index (χ0n) is 15.2. The number of sulfone groups is 1. The van der Waals surface area contributed by atoms with Crippen molar-refractivity contribution in [1.82, 2.24) is 0 Å². The van der Waals surface area contributed by atoms with Crippen molar-refractivity contribution in [2.24, 2.45) is 0 Å². The molecule has 0 spiro atoms. The van der Waals surface area contributed by atoms with Crippen LogP contribution < -0.4 is 4.74 Å². The van der Waals surface area contributed by atoms with Gasteiger partial charge < -0.3 is 4.74 Å². The second kappa shape index (κ2) is 7.76. The molecule has 4 nitrogen and oxygen atoms in total. The number of ketones is 1. The molecule has 138 valence electrons. The Balaban J connectivity index is 1.69. The summed E-state index contributed by atoms with van der Waals surface area (Å²) in [6.07, 6.45) is 0. The lowest BCUT2D eigenvalue weighted by atomic mass is 10.0. The number of hydrogen-bond donors (Lipinski definition) is 0. The Hall–Kier alpha value is -2.92. The van der Waals surface area contributed by atoms with E-state index in [2.05, 4.69) is 0 Å². The minimum atomic E-state index is -3.56. The molecular weight excluding hydrogens is 360 g/mol. The minimum Gasteiger partial charge on any atom is -0.485 e. The highest BCUT2D eigenvalue weighted by molar-refractivity contribution is 7.91. The lowest BCUT2D eigenvalue weighted by Crippen LogP contribution is -2.12. The van der Waals surface area contributed by atoms with Crippen LogP contribution in [0.4, 0.5) is 0 Å². The van der Waals surface area contributed by atoms with Gasteiger partial charge in [0.15, 0.2) is 12.4 Å². The topological polar surface area (TPSA) is 60.4 Å². The molecule has 0 heterocycles. The summed E-state index contributed by atoms with van der Waals surface area (Å²) in [6, 6.07) is 19.9. The van der Waals surface area contributed by atoms with Crippen LogP contribution in [0, 0.1) is 13.8 Å². The molecule has 0 saturated carbocycles. The molecule has 3 aromatic carbocycles. The van der Waals surface area contributed by atoms with Crippen LogP contribution in [0.1, 0.15) is 21.5 Å². The van der Waals surface area contributed by atoms with Crippen molar-refractivity contribution in [3.8, 4) is 5.75 Å². The molecule has 0 aliphatic carbocycles. The molecule has 0 amide bonds. The third kappa shape index (κ3) is 4.26. The summed E-state index contributed by atoms with van der Waals surface area (Å²) in [5.41, 5.74) is 2.78. The van der Waals surface area contributed by atoms with E-state index in [0.717, 1.165) is 11.1 Å². The Labute approximate surface area is 159 Å². The van der Waals surface area contributed by atoms with Crippen LogP contribution in [0.2, 0.25) is 0 Å². The first-order chi connectivity index (χ1) is 12.9. The Morgan fingerprint density at radius 2 is 1.44 bits per heavy atom. The van der Waals surface area contributed by atoms with Gasteiger partial charge in [-0.25, -0.2) is 8.42 Å². The molecular formula is C22H20O4S. The van der Waals surface area contributed by atoms with Crippen LogP contribution in [0.15, 0.2) is 82.6 Å². The van der Waals surface area contributed by atoms with Crippen molar-refractivity contribution in [2.45, 2.75) is 23.6 Å². The lowest BCUT2D eigenvalue weighted by molar-refractivity contribution is 0.0921. The fourth-order valence-electron chi connectivity index (χ4n) is 2.60. The van der Waals surface area contributed by atoms with E-state index in [-0.39, 0.29) is 22.2 Å². The van der Waals surface area contributed by atoms with Crippen molar-refractivity contribution in [1.29, 1.82) is 0 Å². The van der Waals surface area contributed by atoms with E-state index in [1.165, 1.54) is 12.1 Å². The summed E-state index contributed by atoms with van der Waals surface area (Å²) < 4.78 is 30.6. The Kier molecular flexibility index (Phi) is 5.42. The van der Waals surface area contributed by atoms with Gasteiger partial charge >= 0.3 is 0 Å². The molecule has 0 fully saturated rings. The van der Waals surface area contributed by atoms with Gasteiger partial charge in [0.05, 0.1) is 9.79 Å². The lowest BCUT2D eigenvalue weighted by Gasteiger charge is -2.09. The quantitative estimate of drug-likeness (QED) is 0.595. The molecule has 0 radical (unpaired) electrons. The standard InChI is InChI=1S/C22H20O4S/c1-16-8-9-18(14-17(16)2)22(23)15-26-19-10-12-21(13-11-19)27(24,25)20-6-4-3-5-7-20/h3-14H,15H2,1-2H3. The molecule has 0 saturated heterocycles. The molecule has 5 heteroatoms. The molecule has 0 aromatic heterocycles. The van der Waals surface area contributed by atoms with Crippen LogP contribution in [-0.2, 0) is 9.84 Å². The second-order valence-corrected chi connectivity index (χ2v) is 8.25. The molecule has 0 aliphatic rings. The fourth-order valence-corrected chi connectivity index (χ4v) is 3.88. The zero-order valence-corrected chi connectivity index (χ0v) is 16.0. The number of benzene rings is 3. The van der Waals surface area contributed by atoms with E-state index in [0.29, 0.717) is 11.3 Å². The van der Waals surface area contributed by atoms with Gasteiger partial charge in [0.25, 0.3) is 0 Å². The third-order valence-electron chi connectivity index (χ3n) is 4.39. The summed E-state index contributed by atoms with van der Waals surface area (Å²) >= 11 is 0.